The van der Waals surface area contributed by atoms with Crippen LogP contribution in [0.15, 0.2) is 36.5 Å². The molecule has 0 amide bonds. The smallest absolute Gasteiger partial charge is 0.328 e. The van der Waals surface area contributed by atoms with E-state index in [2.05, 4.69) is 4.98 Å². The maximum atomic E-state index is 11.4. The van der Waals surface area contributed by atoms with Crippen LogP contribution in [-0.4, -0.2) is 17.0 Å². The van der Waals surface area contributed by atoms with Crippen molar-refractivity contribution in [3.05, 3.63) is 47.8 Å². The van der Waals surface area contributed by atoms with Crippen LogP contribution in [-0.2, 0) is 4.79 Å². The van der Waals surface area contributed by atoms with E-state index in [0.29, 0.717) is 5.75 Å². The lowest BCUT2D eigenvalue weighted by Gasteiger charge is -2.10. The van der Waals surface area contributed by atoms with Gasteiger partial charge in [0.25, 0.3) is 0 Å². The van der Waals surface area contributed by atoms with E-state index in [1.807, 2.05) is 32.0 Å². The fraction of sp³-hybridized carbons (Fsp3) is 0.250. The standard InChI is InChI=1S/C16H18N2O2/c1-10-12(3)18-9-8-15(10)13-4-6-14(7-5-13)20-16(19)11(2)17/h4-9,11H,17H2,1-3H3/t11-/m0/s1. The summed E-state index contributed by atoms with van der Waals surface area (Å²) in [5.74, 6) is 0.0631. The van der Waals surface area contributed by atoms with Crippen LogP contribution in [0.5, 0.6) is 5.75 Å². The summed E-state index contributed by atoms with van der Waals surface area (Å²) in [5, 5.41) is 0. The Labute approximate surface area is 118 Å². The first-order valence-corrected chi connectivity index (χ1v) is 6.49. The predicted molar refractivity (Wildman–Crippen MR) is 78.4 cm³/mol. The number of aromatic nitrogens is 1. The second-order valence-corrected chi connectivity index (χ2v) is 4.80. The molecule has 0 fully saturated rings. The highest BCUT2D eigenvalue weighted by molar-refractivity contribution is 5.77. The molecule has 1 atom stereocenters. The number of nitrogens with two attached hydrogens (primary N) is 1. The van der Waals surface area contributed by atoms with Crippen LogP contribution < -0.4 is 10.5 Å². The van der Waals surface area contributed by atoms with Crippen LogP contribution in [0.1, 0.15) is 18.2 Å². The van der Waals surface area contributed by atoms with Gasteiger partial charge < -0.3 is 10.5 Å². The van der Waals surface area contributed by atoms with Crippen LogP contribution in [0.4, 0.5) is 0 Å². The van der Waals surface area contributed by atoms with Crippen molar-refractivity contribution in [1.82, 2.24) is 4.98 Å². The van der Waals surface area contributed by atoms with E-state index < -0.39 is 12.0 Å². The number of rotatable bonds is 3. The normalized spacial score (nSPS) is 12.0. The molecule has 1 heterocycles. The summed E-state index contributed by atoms with van der Waals surface area (Å²) >= 11 is 0. The molecule has 0 saturated heterocycles. The first-order valence-electron chi connectivity index (χ1n) is 6.49. The van der Waals surface area contributed by atoms with Gasteiger partial charge in [-0.05, 0) is 55.7 Å². The Bertz CT molecular complexity index is 619. The third kappa shape index (κ3) is 3.03. The number of hydrogen-bond acceptors (Lipinski definition) is 4. The summed E-state index contributed by atoms with van der Waals surface area (Å²) in [6.07, 6.45) is 1.79. The molecule has 104 valence electrons. The van der Waals surface area contributed by atoms with Crippen molar-refractivity contribution in [1.29, 1.82) is 0 Å². The molecule has 2 rings (SSSR count). The van der Waals surface area contributed by atoms with Crippen LogP contribution in [0.3, 0.4) is 0 Å². The topological polar surface area (TPSA) is 65.2 Å². The molecule has 0 bridgehead atoms. The Balaban J connectivity index is 2.24. The Morgan fingerprint density at radius 3 is 2.45 bits per heavy atom. The molecule has 2 aromatic rings. The van der Waals surface area contributed by atoms with Crippen molar-refractivity contribution < 1.29 is 9.53 Å². The Morgan fingerprint density at radius 1 is 1.20 bits per heavy atom. The van der Waals surface area contributed by atoms with Crippen LogP contribution in [0, 0.1) is 13.8 Å². The summed E-state index contributed by atoms with van der Waals surface area (Å²) in [7, 11) is 0. The number of aryl methyl sites for hydroxylation is 1. The molecule has 0 aliphatic heterocycles. The number of ether oxygens (including phenoxy) is 1. The Morgan fingerprint density at radius 2 is 1.85 bits per heavy atom. The zero-order valence-corrected chi connectivity index (χ0v) is 11.9. The van der Waals surface area contributed by atoms with E-state index in [4.69, 9.17) is 10.5 Å². The molecule has 0 aliphatic rings. The molecular weight excluding hydrogens is 252 g/mol. The summed E-state index contributed by atoms with van der Waals surface area (Å²) in [4.78, 5) is 15.7. The van der Waals surface area contributed by atoms with Crippen LogP contribution in [0.2, 0.25) is 0 Å². The first-order chi connectivity index (χ1) is 9.49. The average molecular weight is 270 g/mol. The summed E-state index contributed by atoms with van der Waals surface area (Å²) < 4.78 is 5.14. The number of carbonyl (C=O) groups is 1. The number of benzene rings is 1. The number of nitrogens with zero attached hydrogens (tertiary/aromatic N) is 1. The van der Waals surface area contributed by atoms with Crippen LogP contribution in [0.25, 0.3) is 11.1 Å². The third-order valence-corrected chi connectivity index (χ3v) is 3.21. The maximum Gasteiger partial charge on any atom is 0.328 e. The molecule has 1 aromatic carbocycles. The highest BCUT2D eigenvalue weighted by atomic mass is 16.5. The minimum absolute atomic E-state index is 0.436. The summed E-state index contributed by atoms with van der Waals surface area (Å²) in [6.45, 7) is 5.62. The van der Waals surface area contributed by atoms with Gasteiger partial charge in [-0.25, -0.2) is 4.79 Å². The van der Waals surface area contributed by atoms with Gasteiger partial charge in [-0.1, -0.05) is 12.1 Å². The van der Waals surface area contributed by atoms with E-state index in [1.54, 1.807) is 25.3 Å². The van der Waals surface area contributed by atoms with Gasteiger partial charge in [-0.3, -0.25) is 4.98 Å². The second-order valence-electron chi connectivity index (χ2n) is 4.80. The largest absolute Gasteiger partial charge is 0.425 e. The van der Waals surface area contributed by atoms with Gasteiger partial charge in [0, 0.05) is 11.9 Å². The van der Waals surface area contributed by atoms with Gasteiger partial charge in [0.05, 0.1) is 0 Å². The number of carbonyl (C=O) groups excluding carboxylic acids is 1. The monoisotopic (exact) mass is 270 g/mol. The molecule has 0 aliphatic carbocycles. The fourth-order valence-corrected chi connectivity index (χ4v) is 1.86. The third-order valence-electron chi connectivity index (χ3n) is 3.21. The van der Waals surface area contributed by atoms with Gasteiger partial charge >= 0.3 is 5.97 Å². The van der Waals surface area contributed by atoms with Crippen molar-refractivity contribution in [3.63, 3.8) is 0 Å². The van der Waals surface area contributed by atoms with E-state index in [-0.39, 0.29) is 0 Å². The molecule has 0 saturated carbocycles. The van der Waals surface area contributed by atoms with E-state index >= 15 is 0 Å². The average Bonchev–Trinajstić information content (AvgIpc) is 2.43. The number of hydrogen-bond donors (Lipinski definition) is 1. The molecule has 0 radical (unpaired) electrons. The highest BCUT2D eigenvalue weighted by Gasteiger charge is 2.10. The van der Waals surface area contributed by atoms with E-state index in [1.165, 1.54) is 0 Å². The SMILES string of the molecule is Cc1nccc(-c2ccc(OC(=O)[C@H](C)N)cc2)c1C. The van der Waals surface area contributed by atoms with Gasteiger partial charge in [0.15, 0.2) is 0 Å². The van der Waals surface area contributed by atoms with E-state index in [0.717, 1.165) is 22.4 Å². The summed E-state index contributed by atoms with van der Waals surface area (Å²) in [5.41, 5.74) is 9.81. The van der Waals surface area contributed by atoms with Crippen molar-refractivity contribution in [2.75, 3.05) is 0 Å². The zero-order chi connectivity index (χ0) is 14.7. The predicted octanol–water partition coefficient (Wildman–Crippen LogP) is 2.62. The molecule has 4 heteroatoms. The molecule has 4 nitrogen and oxygen atoms in total. The quantitative estimate of drug-likeness (QED) is 0.687. The van der Waals surface area contributed by atoms with Gasteiger partial charge in [-0.2, -0.15) is 0 Å². The minimum Gasteiger partial charge on any atom is -0.425 e. The van der Waals surface area contributed by atoms with Crippen molar-refractivity contribution >= 4 is 5.97 Å². The minimum atomic E-state index is -0.625. The highest BCUT2D eigenvalue weighted by Crippen LogP contribution is 2.26. The van der Waals surface area contributed by atoms with Crippen molar-refractivity contribution in [2.24, 2.45) is 5.73 Å². The zero-order valence-electron chi connectivity index (χ0n) is 11.9. The summed E-state index contributed by atoms with van der Waals surface area (Å²) in [6, 6.07) is 8.73. The van der Waals surface area contributed by atoms with Crippen LogP contribution >= 0.6 is 0 Å². The lowest BCUT2D eigenvalue weighted by atomic mass is 10.0. The molecule has 1 aromatic heterocycles. The Hall–Kier alpha value is -2.20. The first kappa shape index (κ1) is 14.2. The number of pyridine rings is 1. The molecule has 0 spiro atoms. The molecule has 0 unspecified atom stereocenters. The van der Waals surface area contributed by atoms with Gasteiger partial charge in [-0.15, -0.1) is 0 Å². The lowest BCUT2D eigenvalue weighted by Crippen LogP contribution is -2.30. The Kier molecular flexibility index (Phi) is 4.15. The molecule has 20 heavy (non-hydrogen) atoms. The van der Waals surface area contributed by atoms with Crippen molar-refractivity contribution in [2.45, 2.75) is 26.8 Å². The molecule has 2 N–H and O–H groups in total. The van der Waals surface area contributed by atoms with Gasteiger partial charge in [0.2, 0.25) is 0 Å². The lowest BCUT2D eigenvalue weighted by molar-refractivity contribution is -0.135. The second kappa shape index (κ2) is 5.84. The maximum absolute atomic E-state index is 11.4. The molecular formula is C16H18N2O2. The fourth-order valence-electron chi connectivity index (χ4n) is 1.86. The number of esters is 1. The van der Waals surface area contributed by atoms with Gasteiger partial charge in [0.1, 0.15) is 11.8 Å². The van der Waals surface area contributed by atoms with E-state index in [9.17, 15) is 4.79 Å². The van der Waals surface area contributed by atoms with Crippen molar-refractivity contribution in [3.8, 4) is 16.9 Å².